The van der Waals surface area contributed by atoms with E-state index < -0.39 is 5.97 Å². The van der Waals surface area contributed by atoms with Crippen LogP contribution in [0.4, 0.5) is 11.5 Å². The number of para-hydroxylation sites is 1. The molecule has 17 heavy (non-hydrogen) atoms. The molecule has 0 radical (unpaired) electrons. The largest absolute Gasteiger partial charge is 0.478 e. The summed E-state index contributed by atoms with van der Waals surface area (Å²) in [5.41, 5.74) is 0.812. The standard InChI is InChI=1S/C12H13N3O2/c1-2-15-11(7-8-13-15)14-10-6-4-3-5-9(10)12(16)17/h3-8,14H,2H2,1H3,(H,16,17). The molecule has 0 atom stereocenters. The molecule has 0 bridgehead atoms. The monoisotopic (exact) mass is 231 g/mol. The van der Waals surface area contributed by atoms with Crippen molar-refractivity contribution in [3.05, 3.63) is 42.1 Å². The van der Waals surface area contributed by atoms with Crippen LogP contribution >= 0.6 is 0 Å². The number of carboxylic acids is 1. The van der Waals surface area contributed by atoms with E-state index in [0.29, 0.717) is 5.69 Å². The minimum atomic E-state index is -0.948. The predicted molar refractivity (Wildman–Crippen MR) is 64.6 cm³/mol. The highest BCUT2D eigenvalue weighted by molar-refractivity contribution is 5.94. The van der Waals surface area contributed by atoms with Crippen molar-refractivity contribution in [3.8, 4) is 0 Å². The first kappa shape index (κ1) is 11.2. The van der Waals surface area contributed by atoms with Crippen LogP contribution in [0.1, 0.15) is 17.3 Å². The molecule has 0 aliphatic rings. The molecule has 88 valence electrons. The highest BCUT2D eigenvalue weighted by atomic mass is 16.4. The molecule has 5 nitrogen and oxygen atoms in total. The lowest BCUT2D eigenvalue weighted by molar-refractivity contribution is 0.0698. The van der Waals surface area contributed by atoms with Crippen LogP contribution in [-0.4, -0.2) is 20.9 Å². The van der Waals surface area contributed by atoms with E-state index in [0.717, 1.165) is 12.4 Å². The van der Waals surface area contributed by atoms with Gasteiger partial charge in [0.15, 0.2) is 0 Å². The molecule has 0 spiro atoms. The third-order valence-electron chi connectivity index (χ3n) is 2.44. The number of anilines is 2. The van der Waals surface area contributed by atoms with Gasteiger partial charge in [0.1, 0.15) is 5.82 Å². The number of hydrogen-bond donors (Lipinski definition) is 2. The van der Waals surface area contributed by atoms with Gasteiger partial charge in [-0.2, -0.15) is 5.10 Å². The Kier molecular flexibility index (Phi) is 3.09. The number of aromatic nitrogens is 2. The summed E-state index contributed by atoms with van der Waals surface area (Å²) in [6, 6.07) is 8.60. The van der Waals surface area contributed by atoms with E-state index in [4.69, 9.17) is 5.11 Å². The number of benzene rings is 1. The summed E-state index contributed by atoms with van der Waals surface area (Å²) in [7, 11) is 0. The molecule has 2 aromatic rings. The summed E-state index contributed by atoms with van der Waals surface area (Å²) in [6.07, 6.45) is 1.68. The smallest absolute Gasteiger partial charge is 0.337 e. The summed E-state index contributed by atoms with van der Waals surface area (Å²) in [4.78, 5) is 11.0. The van der Waals surface area contributed by atoms with Crippen LogP contribution in [-0.2, 0) is 6.54 Å². The number of hydrogen-bond acceptors (Lipinski definition) is 3. The van der Waals surface area contributed by atoms with Crippen molar-refractivity contribution in [2.45, 2.75) is 13.5 Å². The van der Waals surface area contributed by atoms with Gasteiger partial charge in [-0.05, 0) is 19.1 Å². The fourth-order valence-electron chi connectivity index (χ4n) is 1.61. The van der Waals surface area contributed by atoms with E-state index in [1.54, 1.807) is 35.1 Å². The van der Waals surface area contributed by atoms with Gasteiger partial charge in [-0.15, -0.1) is 0 Å². The molecule has 0 saturated heterocycles. The van der Waals surface area contributed by atoms with Gasteiger partial charge in [0.2, 0.25) is 0 Å². The first-order valence-electron chi connectivity index (χ1n) is 5.33. The predicted octanol–water partition coefficient (Wildman–Crippen LogP) is 2.34. The van der Waals surface area contributed by atoms with E-state index in [9.17, 15) is 4.79 Å². The molecule has 2 rings (SSSR count). The highest BCUT2D eigenvalue weighted by Crippen LogP contribution is 2.20. The Morgan fingerprint density at radius 1 is 1.41 bits per heavy atom. The molecule has 0 amide bonds. The third kappa shape index (κ3) is 2.28. The molecule has 1 aromatic heterocycles. The highest BCUT2D eigenvalue weighted by Gasteiger charge is 2.10. The molecule has 2 N–H and O–H groups in total. The zero-order chi connectivity index (χ0) is 12.3. The summed E-state index contributed by atoms with van der Waals surface area (Å²) in [6.45, 7) is 2.70. The zero-order valence-corrected chi connectivity index (χ0v) is 9.42. The summed E-state index contributed by atoms with van der Waals surface area (Å²) < 4.78 is 1.76. The molecule has 0 aliphatic heterocycles. The second kappa shape index (κ2) is 4.69. The fraction of sp³-hybridized carbons (Fsp3) is 0.167. The molecule has 1 aromatic carbocycles. The Labute approximate surface area is 98.7 Å². The molecule has 5 heteroatoms. The van der Waals surface area contributed by atoms with E-state index in [1.165, 1.54) is 0 Å². The van der Waals surface area contributed by atoms with Crippen molar-refractivity contribution in [2.24, 2.45) is 0 Å². The molecular weight excluding hydrogens is 218 g/mol. The van der Waals surface area contributed by atoms with Gasteiger partial charge >= 0.3 is 5.97 Å². The lowest BCUT2D eigenvalue weighted by atomic mass is 10.2. The topological polar surface area (TPSA) is 67.2 Å². The van der Waals surface area contributed by atoms with Crippen molar-refractivity contribution in [2.75, 3.05) is 5.32 Å². The first-order chi connectivity index (χ1) is 8.22. The lowest BCUT2D eigenvalue weighted by Crippen LogP contribution is -2.06. The van der Waals surface area contributed by atoms with Crippen LogP contribution in [0.5, 0.6) is 0 Å². The van der Waals surface area contributed by atoms with Crippen LogP contribution in [0.2, 0.25) is 0 Å². The summed E-state index contributed by atoms with van der Waals surface area (Å²) in [5.74, 6) is -0.170. The van der Waals surface area contributed by atoms with Gasteiger partial charge in [0.05, 0.1) is 17.4 Å². The minimum Gasteiger partial charge on any atom is -0.478 e. The Hall–Kier alpha value is -2.30. The number of nitrogens with zero attached hydrogens (tertiary/aromatic N) is 2. The van der Waals surface area contributed by atoms with Crippen molar-refractivity contribution < 1.29 is 9.90 Å². The third-order valence-corrected chi connectivity index (χ3v) is 2.44. The number of carbonyl (C=O) groups is 1. The maximum atomic E-state index is 11.0. The number of aromatic carboxylic acids is 1. The van der Waals surface area contributed by atoms with Crippen LogP contribution < -0.4 is 5.32 Å². The molecular formula is C12H13N3O2. The Balaban J connectivity index is 2.33. The van der Waals surface area contributed by atoms with Gasteiger partial charge < -0.3 is 10.4 Å². The van der Waals surface area contributed by atoms with Crippen molar-refractivity contribution >= 4 is 17.5 Å². The van der Waals surface area contributed by atoms with E-state index in [2.05, 4.69) is 10.4 Å². The Morgan fingerprint density at radius 3 is 2.88 bits per heavy atom. The van der Waals surface area contributed by atoms with Gasteiger partial charge in [0, 0.05) is 12.6 Å². The van der Waals surface area contributed by atoms with Gasteiger partial charge in [-0.1, -0.05) is 12.1 Å². The summed E-state index contributed by atoms with van der Waals surface area (Å²) >= 11 is 0. The van der Waals surface area contributed by atoms with Gasteiger partial charge in [-0.3, -0.25) is 0 Å². The van der Waals surface area contributed by atoms with E-state index in [-0.39, 0.29) is 5.56 Å². The first-order valence-corrected chi connectivity index (χ1v) is 5.33. The Bertz CT molecular complexity index is 534. The van der Waals surface area contributed by atoms with Crippen LogP contribution in [0.25, 0.3) is 0 Å². The normalized spacial score (nSPS) is 10.2. The molecule has 0 aliphatic carbocycles. The maximum absolute atomic E-state index is 11.0. The summed E-state index contributed by atoms with van der Waals surface area (Å²) in [5, 5.41) is 16.2. The van der Waals surface area contributed by atoms with Crippen LogP contribution in [0.3, 0.4) is 0 Å². The maximum Gasteiger partial charge on any atom is 0.337 e. The molecule has 1 heterocycles. The fourth-order valence-corrected chi connectivity index (χ4v) is 1.61. The van der Waals surface area contributed by atoms with E-state index >= 15 is 0 Å². The zero-order valence-electron chi connectivity index (χ0n) is 9.42. The van der Waals surface area contributed by atoms with Crippen LogP contribution in [0, 0.1) is 0 Å². The average molecular weight is 231 g/mol. The van der Waals surface area contributed by atoms with Crippen molar-refractivity contribution in [1.29, 1.82) is 0 Å². The SMILES string of the molecule is CCn1nccc1Nc1ccccc1C(=O)O. The number of rotatable bonds is 4. The second-order valence-corrected chi connectivity index (χ2v) is 3.51. The quantitative estimate of drug-likeness (QED) is 0.847. The van der Waals surface area contributed by atoms with Crippen molar-refractivity contribution in [3.63, 3.8) is 0 Å². The van der Waals surface area contributed by atoms with Gasteiger partial charge in [0.25, 0.3) is 0 Å². The minimum absolute atomic E-state index is 0.247. The van der Waals surface area contributed by atoms with Crippen molar-refractivity contribution in [1.82, 2.24) is 9.78 Å². The molecule has 0 saturated carbocycles. The number of nitrogens with one attached hydrogen (secondary N) is 1. The van der Waals surface area contributed by atoms with Crippen LogP contribution in [0.15, 0.2) is 36.5 Å². The average Bonchev–Trinajstić information content (AvgIpc) is 2.77. The molecule has 0 fully saturated rings. The molecule has 0 unspecified atom stereocenters. The number of aryl methyl sites for hydroxylation is 1. The lowest BCUT2D eigenvalue weighted by Gasteiger charge is -2.10. The second-order valence-electron chi connectivity index (χ2n) is 3.51. The Morgan fingerprint density at radius 2 is 2.18 bits per heavy atom. The van der Waals surface area contributed by atoms with E-state index in [1.807, 2.05) is 13.0 Å². The number of carboxylic acid groups (broad SMARTS) is 1. The van der Waals surface area contributed by atoms with Gasteiger partial charge in [-0.25, -0.2) is 9.48 Å².